The summed E-state index contributed by atoms with van der Waals surface area (Å²) in [6.07, 6.45) is 15.9. The van der Waals surface area contributed by atoms with Gasteiger partial charge in [0.15, 0.2) is 0 Å². The van der Waals surface area contributed by atoms with Gasteiger partial charge in [-0.3, -0.25) is 0 Å². The Morgan fingerprint density at radius 2 is 1.72 bits per heavy atom. The third-order valence-corrected chi connectivity index (χ3v) is 11.0. The molecule has 0 fully saturated rings. The number of rotatable bonds is 5. The Bertz CT molecular complexity index is 1200. The standard InChI is InChI=1S/C28H28Si/c1-4-5-12-21-19-20-13-6-7-14-22(20)27(21)29(2,3)28-25-17-10-8-15-23(25)24-16-9-11-18-26(24)28/h4,6-11,13-19,25,27H,1,5,12H2,2-3H3. The third kappa shape index (κ3) is 2.79. The van der Waals surface area contributed by atoms with E-state index in [1.807, 2.05) is 0 Å². The number of fused-ring (bicyclic) bond motifs is 3. The van der Waals surface area contributed by atoms with Crippen molar-refractivity contribution in [3.8, 4) is 0 Å². The number of allylic oxidation sites excluding steroid dienone is 6. The van der Waals surface area contributed by atoms with Gasteiger partial charge in [-0.1, -0.05) is 109 Å². The highest BCUT2D eigenvalue weighted by Crippen LogP contribution is 2.49. The van der Waals surface area contributed by atoms with Crippen molar-refractivity contribution in [2.24, 2.45) is 5.92 Å². The molecule has 2 unspecified atom stereocenters. The largest absolute Gasteiger partial charge is 0.103 e. The van der Waals surface area contributed by atoms with Gasteiger partial charge in [-0.25, -0.2) is 0 Å². The molecule has 29 heavy (non-hydrogen) atoms. The predicted octanol–water partition coefficient (Wildman–Crippen LogP) is 5.68. The first kappa shape index (κ1) is 18.4. The predicted molar refractivity (Wildman–Crippen MR) is 128 cm³/mol. The van der Waals surface area contributed by atoms with Crippen molar-refractivity contribution in [1.29, 1.82) is 0 Å². The van der Waals surface area contributed by atoms with Gasteiger partial charge in [0.05, 0.1) is 8.07 Å². The van der Waals surface area contributed by atoms with E-state index in [9.17, 15) is 0 Å². The van der Waals surface area contributed by atoms with E-state index in [-0.39, 0.29) is 0 Å². The quantitative estimate of drug-likeness (QED) is 0.454. The number of hydrogen-bond donors (Lipinski definition) is 0. The molecule has 0 radical (unpaired) electrons. The highest BCUT2D eigenvalue weighted by Gasteiger charge is 2.45. The normalized spacial score (nSPS) is 21.7. The van der Waals surface area contributed by atoms with Crippen LogP contribution in [0.4, 0.5) is 0 Å². The molecule has 0 nitrogen and oxygen atoms in total. The fourth-order valence-corrected chi connectivity index (χ4v) is 10.3. The fraction of sp³-hybridized carbons (Fsp3) is 0.214. The van der Waals surface area contributed by atoms with Gasteiger partial charge in [0.2, 0.25) is 0 Å². The van der Waals surface area contributed by atoms with Gasteiger partial charge in [-0.05, 0) is 40.0 Å². The van der Waals surface area contributed by atoms with Crippen molar-refractivity contribution >= 4 is 24.9 Å². The zero-order valence-corrected chi connectivity index (χ0v) is 18.4. The second-order valence-electron chi connectivity index (χ2n) is 8.97. The minimum atomic E-state index is -1.85. The van der Waals surface area contributed by atoms with Crippen LogP contribution in [-0.2, 0) is 0 Å². The first-order valence-corrected chi connectivity index (χ1v) is 13.8. The summed E-state index contributed by atoms with van der Waals surface area (Å²) in [4.78, 5) is 0. The maximum Gasteiger partial charge on any atom is 0.0892 e. The lowest BCUT2D eigenvalue weighted by Gasteiger charge is -2.37. The first-order valence-electron chi connectivity index (χ1n) is 10.7. The van der Waals surface area contributed by atoms with Crippen molar-refractivity contribution in [2.75, 3.05) is 0 Å². The molecule has 2 aromatic rings. The fourth-order valence-electron chi connectivity index (χ4n) is 5.82. The molecule has 0 amide bonds. The molecule has 1 heteroatoms. The Kier molecular flexibility index (Phi) is 4.44. The lowest BCUT2D eigenvalue weighted by atomic mass is 9.97. The Hall–Kier alpha value is -2.64. The number of benzene rings is 2. The van der Waals surface area contributed by atoms with Gasteiger partial charge in [-0.15, -0.1) is 6.58 Å². The smallest absolute Gasteiger partial charge is 0.0892 e. The maximum absolute atomic E-state index is 3.98. The third-order valence-electron chi connectivity index (χ3n) is 6.94. The van der Waals surface area contributed by atoms with Crippen molar-refractivity contribution in [1.82, 2.24) is 0 Å². The SMILES string of the molecule is C=CCCC1=Cc2ccccc2C1[Si](C)(C)C1=c2ccccc2=C2C=CC=CC21. The van der Waals surface area contributed by atoms with Crippen LogP contribution in [0.3, 0.4) is 0 Å². The van der Waals surface area contributed by atoms with Gasteiger partial charge >= 0.3 is 0 Å². The van der Waals surface area contributed by atoms with E-state index in [4.69, 9.17) is 0 Å². The van der Waals surface area contributed by atoms with Gasteiger partial charge in [-0.2, -0.15) is 0 Å². The van der Waals surface area contributed by atoms with Crippen LogP contribution >= 0.6 is 0 Å². The molecular weight excluding hydrogens is 364 g/mol. The Morgan fingerprint density at radius 3 is 2.55 bits per heavy atom. The molecule has 5 rings (SSSR count). The molecule has 0 aromatic heterocycles. The van der Waals surface area contributed by atoms with E-state index in [0.717, 1.165) is 12.8 Å². The summed E-state index contributed by atoms with van der Waals surface area (Å²) in [5, 5.41) is 4.64. The van der Waals surface area contributed by atoms with Gasteiger partial charge in [0.1, 0.15) is 0 Å². The van der Waals surface area contributed by atoms with E-state index >= 15 is 0 Å². The summed E-state index contributed by atoms with van der Waals surface area (Å²) in [5.74, 6) is 0.437. The van der Waals surface area contributed by atoms with Gasteiger partial charge < -0.3 is 0 Å². The van der Waals surface area contributed by atoms with Crippen molar-refractivity contribution < 1.29 is 0 Å². The molecule has 2 atom stereocenters. The van der Waals surface area contributed by atoms with Crippen molar-refractivity contribution in [3.05, 3.63) is 113 Å². The summed E-state index contributed by atoms with van der Waals surface area (Å²) in [7, 11) is -1.85. The summed E-state index contributed by atoms with van der Waals surface area (Å²) < 4.78 is 0. The molecule has 0 bridgehead atoms. The van der Waals surface area contributed by atoms with Crippen LogP contribution < -0.4 is 10.4 Å². The van der Waals surface area contributed by atoms with Crippen LogP contribution in [0.1, 0.15) is 29.5 Å². The highest BCUT2D eigenvalue weighted by molar-refractivity contribution is 6.95. The van der Waals surface area contributed by atoms with E-state index in [2.05, 4.69) is 105 Å². The van der Waals surface area contributed by atoms with Gasteiger partial charge in [0, 0.05) is 11.5 Å². The molecule has 0 spiro atoms. The van der Waals surface area contributed by atoms with Crippen LogP contribution in [0.25, 0.3) is 16.8 Å². The molecule has 2 aromatic carbocycles. The van der Waals surface area contributed by atoms with E-state index < -0.39 is 8.07 Å². The van der Waals surface area contributed by atoms with Gasteiger partial charge in [0.25, 0.3) is 0 Å². The number of hydrogen-bond acceptors (Lipinski definition) is 0. The lowest BCUT2D eigenvalue weighted by molar-refractivity contribution is 0.911. The molecule has 144 valence electrons. The minimum absolute atomic E-state index is 0.437. The molecule has 0 saturated heterocycles. The Morgan fingerprint density at radius 1 is 0.966 bits per heavy atom. The molecule has 0 heterocycles. The second-order valence-corrected chi connectivity index (χ2v) is 13.5. The van der Waals surface area contributed by atoms with E-state index in [1.165, 1.54) is 27.1 Å². The Labute approximate surface area is 175 Å². The molecule has 3 aliphatic rings. The molecule has 0 N–H and O–H groups in total. The summed E-state index contributed by atoms with van der Waals surface area (Å²) in [6, 6.07) is 18.1. The lowest BCUT2D eigenvalue weighted by Crippen LogP contribution is -2.43. The van der Waals surface area contributed by atoms with Crippen LogP contribution in [0.2, 0.25) is 13.1 Å². The molecule has 0 saturated carbocycles. The summed E-state index contributed by atoms with van der Waals surface area (Å²) in [5.41, 5.74) is 6.60. The van der Waals surface area contributed by atoms with Crippen LogP contribution in [0.15, 0.2) is 91.1 Å². The van der Waals surface area contributed by atoms with Crippen LogP contribution in [0, 0.1) is 5.92 Å². The average Bonchev–Trinajstić information content (AvgIpc) is 3.28. The maximum atomic E-state index is 3.98. The van der Waals surface area contributed by atoms with Crippen LogP contribution in [-0.4, -0.2) is 8.07 Å². The topological polar surface area (TPSA) is 0 Å². The van der Waals surface area contributed by atoms with E-state index in [1.54, 1.807) is 10.8 Å². The zero-order chi connectivity index (χ0) is 20.0. The Balaban J connectivity index is 1.72. The molecular formula is C28H28Si. The summed E-state index contributed by atoms with van der Waals surface area (Å²) >= 11 is 0. The monoisotopic (exact) mass is 392 g/mol. The average molecular weight is 393 g/mol. The molecule has 0 aliphatic heterocycles. The molecule has 3 aliphatic carbocycles. The highest BCUT2D eigenvalue weighted by atomic mass is 28.3. The second kappa shape index (κ2) is 7.00. The van der Waals surface area contributed by atoms with Crippen LogP contribution in [0.5, 0.6) is 0 Å². The summed E-state index contributed by atoms with van der Waals surface area (Å²) in [6.45, 7) is 9.18. The van der Waals surface area contributed by atoms with Crippen molar-refractivity contribution in [3.63, 3.8) is 0 Å². The first-order chi connectivity index (χ1) is 14.1. The minimum Gasteiger partial charge on any atom is -0.103 e. The zero-order valence-electron chi connectivity index (χ0n) is 17.4. The van der Waals surface area contributed by atoms with E-state index in [0.29, 0.717) is 11.5 Å². The van der Waals surface area contributed by atoms with Crippen molar-refractivity contribution in [2.45, 2.75) is 31.5 Å².